The number of thiophene rings is 1. The Hall–Kier alpha value is -1.44. The Balaban J connectivity index is 1.73. The Morgan fingerprint density at radius 3 is 2.76 bits per heavy atom. The fraction of sp³-hybridized carbons (Fsp3) is 0.571. The van der Waals surface area contributed by atoms with E-state index < -0.39 is 5.54 Å². The number of rotatable bonds is 6. The minimum Gasteiger partial charge on any atom is -0.394 e. The molecule has 1 fully saturated rings. The van der Waals surface area contributed by atoms with Gasteiger partial charge < -0.3 is 20.5 Å². The molecule has 2 amide bonds. The van der Waals surface area contributed by atoms with Crippen molar-refractivity contribution in [3.8, 4) is 0 Å². The summed E-state index contributed by atoms with van der Waals surface area (Å²) < 4.78 is 5.24. The lowest BCUT2D eigenvalue weighted by Crippen LogP contribution is -2.54. The Bertz CT molecular complexity index is 469. The van der Waals surface area contributed by atoms with Gasteiger partial charge in [-0.2, -0.15) is 0 Å². The molecule has 116 valence electrons. The van der Waals surface area contributed by atoms with E-state index in [4.69, 9.17) is 4.74 Å². The monoisotopic (exact) mass is 312 g/mol. The SMILES string of the molecule is O=C(CCNC(=O)c1cccs1)NC1(CO)CCOCC1. The van der Waals surface area contributed by atoms with E-state index >= 15 is 0 Å². The maximum absolute atomic E-state index is 11.9. The summed E-state index contributed by atoms with van der Waals surface area (Å²) in [6.07, 6.45) is 1.41. The molecule has 0 radical (unpaired) electrons. The highest BCUT2D eigenvalue weighted by atomic mass is 32.1. The summed E-state index contributed by atoms with van der Waals surface area (Å²) >= 11 is 1.36. The third-order valence-electron chi connectivity index (χ3n) is 3.54. The first kappa shape index (κ1) is 15.9. The van der Waals surface area contributed by atoms with Crippen LogP contribution in [0, 0.1) is 0 Å². The van der Waals surface area contributed by atoms with E-state index in [1.807, 2.05) is 11.4 Å². The Morgan fingerprint density at radius 1 is 1.38 bits per heavy atom. The summed E-state index contributed by atoms with van der Waals surface area (Å²) in [5.74, 6) is -0.335. The average Bonchev–Trinajstić information content (AvgIpc) is 3.02. The molecule has 6 nitrogen and oxygen atoms in total. The van der Waals surface area contributed by atoms with Gasteiger partial charge in [0.1, 0.15) is 0 Å². The first-order valence-corrected chi connectivity index (χ1v) is 7.84. The van der Waals surface area contributed by atoms with E-state index in [2.05, 4.69) is 10.6 Å². The molecule has 1 aliphatic heterocycles. The summed E-state index contributed by atoms with van der Waals surface area (Å²) in [4.78, 5) is 24.3. The van der Waals surface area contributed by atoms with Gasteiger partial charge in [0.2, 0.25) is 5.91 Å². The lowest BCUT2D eigenvalue weighted by Gasteiger charge is -2.36. The molecule has 2 rings (SSSR count). The van der Waals surface area contributed by atoms with Crippen LogP contribution < -0.4 is 10.6 Å². The number of aliphatic hydroxyl groups excluding tert-OH is 1. The fourth-order valence-electron chi connectivity index (χ4n) is 2.23. The van der Waals surface area contributed by atoms with Crippen LogP contribution in [-0.4, -0.2) is 48.8 Å². The zero-order valence-electron chi connectivity index (χ0n) is 11.8. The molecule has 0 spiro atoms. The molecule has 1 saturated heterocycles. The van der Waals surface area contributed by atoms with Gasteiger partial charge in [0.05, 0.1) is 17.0 Å². The molecular formula is C14H20N2O4S. The molecule has 0 aromatic carbocycles. The number of hydrogen-bond acceptors (Lipinski definition) is 5. The fourth-order valence-corrected chi connectivity index (χ4v) is 2.87. The maximum atomic E-state index is 11.9. The Labute approximate surface area is 127 Å². The molecule has 7 heteroatoms. The normalized spacial score (nSPS) is 17.2. The summed E-state index contributed by atoms with van der Waals surface area (Å²) in [6.45, 7) is 1.26. The van der Waals surface area contributed by atoms with E-state index in [1.165, 1.54) is 11.3 Å². The van der Waals surface area contributed by atoms with Crippen LogP contribution in [0.4, 0.5) is 0 Å². The summed E-state index contributed by atoms with van der Waals surface area (Å²) in [5.41, 5.74) is -0.576. The van der Waals surface area contributed by atoms with Crippen molar-refractivity contribution in [1.82, 2.24) is 10.6 Å². The van der Waals surface area contributed by atoms with Crippen LogP contribution in [0.15, 0.2) is 17.5 Å². The Kier molecular flexibility index (Phi) is 5.72. The van der Waals surface area contributed by atoms with Crippen LogP contribution in [0.1, 0.15) is 28.9 Å². The first-order valence-electron chi connectivity index (χ1n) is 6.96. The second kappa shape index (κ2) is 7.53. The third kappa shape index (κ3) is 4.52. The number of hydrogen-bond donors (Lipinski definition) is 3. The van der Waals surface area contributed by atoms with Crippen molar-refractivity contribution in [3.63, 3.8) is 0 Å². The Morgan fingerprint density at radius 2 is 2.14 bits per heavy atom. The van der Waals surface area contributed by atoms with E-state index in [0.717, 1.165) is 0 Å². The van der Waals surface area contributed by atoms with Gasteiger partial charge in [-0.3, -0.25) is 9.59 Å². The summed E-state index contributed by atoms with van der Waals surface area (Å²) in [7, 11) is 0. The third-order valence-corrected chi connectivity index (χ3v) is 4.41. The van der Waals surface area contributed by atoms with Crippen LogP contribution in [0.25, 0.3) is 0 Å². The van der Waals surface area contributed by atoms with Crippen molar-refractivity contribution in [2.24, 2.45) is 0 Å². The van der Waals surface area contributed by atoms with Crippen molar-refractivity contribution in [2.75, 3.05) is 26.4 Å². The largest absolute Gasteiger partial charge is 0.394 e. The van der Waals surface area contributed by atoms with Crippen molar-refractivity contribution in [2.45, 2.75) is 24.8 Å². The van der Waals surface area contributed by atoms with E-state index in [0.29, 0.717) is 30.9 Å². The topological polar surface area (TPSA) is 87.7 Å². The lowest BCUT2D eigenvalue weighted by molar-refractivity contribution is -0.125. The molecule has 0 bridgehead atoms. The van der Waals surface area contributed by atoms with Crippen LogP contribution in [-0.2, 0) is 9.53 Å². The van der Waals surface area contributed by atoms with Crippen molar-refractivity contribution in [3.05, 3.63) is 22.4 Å². The highest BCUT2D eigenvalue weighted by molar-refractivity contribution is 7.12. The van der Waals surface area contributed by atoms with Crippen LogP contribution in [0.3, 0.4) is 0 Å². The molecule has 2 heterocycles. The van der Waals surface area contributed by atoms with Gasteiger partial charge in [-0.05, 0) is 24.3 Å². The quantitative estimate of drug-likeness (QED) is 0.715. The number of amides is 2. The molecule has 3 N–H and O–H groups in total. The summed E-state index contributed by atoms with van der Waals surface area (Å²) in [6, 6.07) is 3.55. The zero-order chi connectivity index (χ0) is 15.1. The standard InChI is InChI=1S/C14H20N2O4S/c17-10-14(4-7-20-8-5-14)16-12(18)3-6-15-13(19)11-2-1-9-21-11/h1-2,9,17H,3-8,10H2,(H,15,19)(H,16,18). The molecule has 0 aliphatic carbocycles. The number of nitrogens with one attached hydrogen (secondary N) is 2. The smallest absolute Gasteiger partial charge is 0.261 e. The minimum atomic E-state index is -0.576. The van der Waals surface area contributed by atoms with E-state index in [9.17, 15) is 14.7 Å². The van der Waals surface area contributed by atoms with Gasteiger partial charge >= 0.3 is 0 Å². The van der Waals surface area contributed by atoms with Gasteiger partial charge in [-0.15, -0.1) is 11.3 Å². The minimum absolute atomic E-state index is 0.0936. The second-order valence-corrected chi connectivity index (χ2v) is 6.03. The van der Waals surface area contributed by atoms with Gasteiger partial charge in [-0.25, -0.2) is 0 Å². The number of carbonyl (C=O) groups excluding carboxylic acids is 2. The van der Waals surface area contributed by atoms with E-state index in [1.54, 1.807) is 6.07 Å². The van der Waals surface area contributed by atoms with E-state index in [-0.39, 0.29) is 31.4 Å². The predicted molar refractivity (Wildman–Crippen MR) is 79.3 cm³/mol. The van der Waals surface area contributed by atoms with Gasteiger partial charge in [0, 0.05) is 26.2 Å². The van der Waals surface area contributed by atoms with Gasteiger partial charge in [-0.1, -0.05) is 6.07 Å². The number of ether oxygens (including phenoxy) is 1. The molecule has 1 aromatic heterocycles. The molecular weight excluding hydrogens is 292 g/mol. The first-order chi connectivity index (χ1) is 10.2. The summed E-state index contributed by atoms with van der Waals surface area (Å²) in [5, 5.41) is 16.9. The molecule has 0 atom stereocenters. The lowest BCUT2D eigenvalue weighted by atomic mass is 9.91. The van der Waals surface area contributed by atoms with Gasteiger partial charge in [0.15, 0.2) is 0 Å². The number of carbonyl (C=O) groups is 2. The molecule has 21 heavy (non-hydrogen) atoms. The predicted octanol–water partition coefficient (Wildman–Crippen LogP) is 0.526. The molecule has 0 saturated carbocycles. The molecule has 0 unspecified atom stereocenters. The maximum Gasteiger partial charge on any atom is 0.261 e. The zero-order valence-corrected chi connectivity index (χ0v) is 12.6. The highest BCUT2D eigenvalue weighted by Crippen LogP contribution is 2.20. The average molecular weight is 312 g/mol. The van der Waals surface area contributed by atoms with Crippen molar-refractivity contribution in [1.29, 1.82) is 0 Å². The second-order valence-electron chi connectivity index (χ2n) is 5.08. The van der Waals surface area contributed by atoms with Gasteiger partial charge in [0.25, 0.3) is 5.91 Å². The van der Waals surface area contributed by atoms with Crippen molar-refractivity contribution < 1.29 is 19.4 Å². The molecule has 1 aliphatic rings. The highest BCUT2D eigenvalue weighted by Gasteiger charge is 2.33. The van der Waals surface area contributed by atoms with Crippen LogP contribution in [0.5, 0.6) is 0 Å². The van der Waals surface area contributed by atoms with Crippen molar-refractivity contribution >= 4 is 23.2 Å². The van der Waals surface area contributed by atoms with Crippen LogP contribution in [0.2, 0.25) is 0 Å². The number of aliphatic hydroxyl groups is 1. The van der Waals surface area contributed by atoms with Crippen LogP contribution >= 0.6 is 11.3 Å². The molecule has 1 aromatic rings.